The van der Waals surface area contributed by atoms with E-state index in [1.807, 2.05) is 11.8 Å². The van der Waals surface area contributed by atoms with E-state index in [2.05, 4.69) is 49.1 Å². The van der Waals surface area contributed by atoms with Crippen molar-refractivity contribution in [2.45, 2.75) is 70.9 Å². The van der Waals surface area contributed by atoms with Gasteiger partial charge in [0.25, 0.3) is 0 Å². The first-order valence-corrected chi connectivity index (χ1v) is 11.1. The molecule has 26 heavy (non-hydrogen) atoms. The molecule has 0 radical (unpaired) electrons. The summed E-state index contributed by atoms with van der Waals surface area (Å²) in [7, 11) is 0. The molecule has 1 aromatic carbocycles. The van der Waals surface area contributed by atoms with Gasteiger partial charge in [-0.05, 0) is 50.9 Å². The van der Waals surface area contributed by atoms with Gasteiger partial charge < -0.3 is 0 Å². The van der Waals surface area contributed by atoms with E-state index in [0.29, 0.717) is 12.1 Å². The Bertz CT molecular complexity index is 668. The molecule has 0 aromatic heterocycles. The lowest BCUT2D eigenvalue weighted by molar-refractivity contribution is 0.222. The van der Waals surface area contributed by atoms with E-state index in [1.165, 1.54) is 68.1 Å². The Hall–Kier alpha value is -1.13. The number of para-hydroxylation sites is 1. The quantitative estimate of drug-likeness (QED) is 0.685. The van der Waals surface area contributed by atoms with Gasteiger partial charge in [-0.3, -0.25) is 9.89 Å². The fourth-order valence-corrected chi connectivity index (χ4v) is 6.08. The van der Waals surface area contributed by atoms with Crippen molar-refractivity contribution in [3.05, 3.63) is 30.3 Å². The normalized spacial score (nSPS) is 30.5. The first-order chi connectivity index (χ1) is 12.6. The topological polar surface area (TPSA) is 28.0 Å². The summed E-state index contributed by atoms with van der Waals surface area (Å²) in [6.07, 6.45) is 9.24. The second-order valence-corrected chi connectivity index (χ2v) is 9.49. The Balaban J connectivity index is 1.67. The predicted molar refractivity (Wildman–Crippen MR) is 114 cm³/mol. The van der Waals surface area contributed by atoms with Crippen LogP contribution in [0, 0.1) is 5.41 Å². The molecule has 4 rings (SSSR count). The molecule has 0 spiro atoms. The van der Waals surface area contributed by atoms with E-state index >= 15 is 0 Å². The molecule has 1 aliphatic carbocycles. The predicted octanol–water partition coefficient (Wildman–Crippen LogP) is 5.69. The third-order valence-corrected chi connectivity index (χ3v) is 7.40. The third kappa shape index (κ3) is 3.77. The minimum atomic E-state index is 0.0261. The number of rotatable bonds is 3. The van der Waals surface area contributed by atoms with Gasteiger partial charge in [0.1, 0.15) is 0 Å². The highest BCUT2D eigenvalue weighted by molar-refractivity contribution is 8.27. The summed E-state index contributed by atoms with van der Waals surface area (Å²) in [5.41, 5.74) is 1.08. The number of aliphatic imine (C=N–C) groups is 2. The van der Waals surface area contributed by atoms with E-state index in [4.69, 9.17) is 9.98 Å². The number of nitrogens with zero attached hydrogens (tertiary/aromatic N) is 3. The van der Waals surface area contributed by atoms with Crippen LogP contribution in [0.3, 0.4) is 0 Å². The number of thioether (sulfide) groups is 1. The highest BCUT2D eigenvalue weighted by Crippen LogP contribution is 2.45. The molecule has 1 atom stereocenters. The SMILES string of the molecule is CC1(C)C(=Nc2ccccc2)SC(=NC2CCCCC2)C1N1CCCC1. The molecule has 4 heteroatoms. The van der Waals surface area contributed by atoms with Crippen molar-refractivity contribution in [1.82, 2.24) is 4.90 Å². The molecule has 1 aromatic rings. The summed E-state index contributed by atoms with van der Waals surface area (Å²) in [6.45, 7) is 7.15. The molecule has 3 nitrogen and oxygen atoms in total. The van der Waals surface area contributed by atoms with Crippen molar-refractivity contribution in [3.63, 3.8) is 0 Å². The van der Waals surface area contributed by atoms with Crippen LogP contribution in [0.15, 0.2) is 40.3 Å². The largest absolute Gasteiger partial charge is 0.294 e. The van der Waals surface area contributed by atoms with Crippen molar-refractivity contribution in [2.75, 3.05) is 13.1 Å². The Kier molecular flexibility index (Phi) is 5.51. The molecular formula is C22H31N3S. The third-order valence-electron chi connectivity index (χ3n) is 6.05. The second kappa shape index (κ2) is 7.85. The lowest BCUT2D eigenvalue weighted by atomic mass is 9.85. The molecule has 140 valence electrons. The summed E-state index contributed by atoms with van der Waals surface area (Å²) < 4.78 is 0. The summed E-state index contributed by atoms with van der Waals surface area (Å²) in [6, 6.07) is 11.3. The van der Waals surface area contributed by atoms with Crippen LogP contribution in [0.25, 0.3) is 0 Å². The van der Waals surface area contributed by atoms with Crippen LogP contribution in [0.1, 0.15) is 58.8 Å². The van der Waals surface area contributed by atoms with E-state index in [0.717, 1.165) is 5.69 Å². The monoisotopic (exact) mass is 369 g/mol. The van der Waals surface area contributed by atoms with Gasteiger partial charge in [-0.1, -0.05) is 63.1 Å². The molecule has 3 aliphatic rings. The van der Waals surface area contributed by atoms with E-state index < -0.39 is 0 Å². The lowest BCUT2D eigenvalue weighted by Crippen LogP contribution is -2.46. The van der Waals surface area contributed by atoms with Crippen molar-refractivity contribution >= 4 is 27.5 Å². The zero-order chi connectivity index (χ0) is 18.0. The average molecular weight is 370 g/mol. The van der Waals surface area contributed by atoms with Gasteiger partial charge in [0.2, 0.25) is 0 Å². The summed E-state index contributed by atoms with van der Waals surface area (Å²) in [4.78, 5) is 13.0. The van der Waals surface area contributed by atoms with Crippen LogP contribution < -0.4 is 0 Å². The van der Waals surface area contributed by atoms with Gasteiger partial charge in [-0.25, -0.2) is 4.99 Å². The number of likely N-dealkylation sites (tertiary alicyclic amines) is 1. The summed E-state index contributed by atoms with van der Waals surface area (Å²) >= 11 is 1.86. The molecule has 2 aliphatic heterocycles. The molecule has 3 fully saturated rings. The zero-order valence-electron chi connectivity index (χ0n) is 16.2. The summed E-state index contributed by atoms with van der Waals surface area (Å²) in [5, 5.41) is 2.56. The highest BCUT2D eigenvalue weighted by Gasteiger charge is 2.49. The summed E-state index contributed by atoms with van der Waals surface area (Å²) in [5.74, 6) is 0. The van der Waals surface area contributed by atoms with Crippen LogP contribution in [0.4, 0.5) is 5.69 Å². The van der Waals surface area contributed by atoms with Crippen molar-refractivity contribution < 1.29 is 0 Å². The zero-order valence-corrected chi connectivity index (χ0v) is 17.0. The van der Waals surface area contributed by atoms with Crippen LogP contribution in [-0.2, 0) is 0 Å². The Morgan fingerprint density at radius 1 is 0.962 bits per heavy atom. The Morgan fingerprint density at radius 3 is 2.35 bits per heavy atom. The Labute approximate surface area is 162 Å². The fourth-order valence-electron chi connectivity index (χ4n) is 4.60. The highest BCUT2D eigenvalue weighted by atomic mass is 32.2. The van der Waals surface area contributed by atoms with Crippen molar-refractivity contribution in [1.29, 1.82) is 0 Å². The lowest BCUT2D eigenvalue weighted by Gasteiger charge is -2.34. The van der Waals surface area contributed by atoms with E-state index in [1.54, 1.807) is 0 Å². The first kappa shape index (κ1) is 18.2. The second-order valence-electron chi connectivity index (χ2n) is 8.48. The molecule has 2 heterocycles. The standard InChI is InChI=1S/C22H31N3S/c1-22(2)19(25-15-9-10-16-25)20(23-17-11-5-3-6-12-17)26-21(22)24-18-13-7-4-8-14-18/h4,7-8,13-14,17,19H,3,5-6,9-12,15-16H2,1-2H3. The minimum Gasteiger partial charge on any atom is -0.294 e. The average Bonchev–Trinajstić information content (AvgIpc) is 3.24. The maximum Gasteiger partial charge on any atom is 0.0920 e. The molecule has 1 unspecified atom stereocenters. The maximum atomic E-state index is 5.31. The number of benzene rings is 1. The maximum absolute atomic E-state index is 5.31. The van der Waals surface area contributed by atoms with Crippen LogP contribution in [0.5, 0.6) is 0 Å². The molecule has 0 N–H and O–H groups in total. The van der Waals surface area contributed by atoms with Gasteiger partial charge >= 0.3 is 0 Å². The molecule has 0 bridgehead atoms. The van der Waals surface area contributed by atoms with Crippen molar-refractivity contribution in [3.8, 4) is 0 Å². The van der Waals surface area contributed by atoms with E-state index in [9.17, 15) is 0 Å². The fraction of sp³-hybridized carbons (Fsp3) is 0.636. The molecule has 0 amide bonds. The van der Waals surface area contributed by atoms with Gasteiger partial charge in [0.15, 0.2) is 0 Å². The van der Waals surface area contributed by atoms with Crippen LogP contribution >= 0.6 is 11.8 Å². The minimum absolute atomic E-state index is 0.0261. The van der Waals surface area contributed by atoms with Gasteiger partial charge in [0, 0.05) is 5.41 Å². The first-order valence-electron chi connectivity index (χ1n) is 10.3. The van der Waals surface area contributed by atoms with Gasteiger partial charge in [-0.2, -0.15) is 0 Å². The molecular weight excluding hydrogens is 338 g/mol. The van der Waals surface area contributed by atoms with Gasteiger partial charge in [0.05, 0.1) is 27.9 Å². The van der Waals surface area contributed by atoms with Crippen molar-refractivity contribution in [2.24, 2.45) is 15.4 Å². The van der Waals surface area contributed by atoms with E-state index in [-0.39, 0.29) is 5.41 Å². The van der Waals surface area contributed by atoms with Crippen LogP contribution in [0.2, 0.25) is 0 Å². The molecule has 2 saturated heterocycles. The van der Waals surface area contributed by atoms with Gasteiger partial charge in [-0.15, -0.1) is 0 Å². The number of hydrogen-bond acceptors (Lipinski definition) is 4. The molecule has 1 saturated carbocycles. The number of hydrogen-bond donors (Lipinski definition) is 0. The smallest absolute Gasteiger partial charge is 0.0920 e. The van der Waals surface area contributed by atoms with Crippen LogP contribution in [-0.4, -0.2) is 40.2 Å². The Morgan fingerprint density at radius 2 is 1.65 bits per heavy atom.